The lowest BCUT2D eigenvalue weighted by molar-refractivity contribution is -0.167. The highest BCUT2D eigenvalue weighted by molar-refractivity contribution is 5.95. The Balaban J connectivity index is 0.785. The summed E-state index contributed by atoms with van der Waals surface area (Å²) >= 11 is 0. The highest BCUT2D eigenvalue weighted by Crippen LogP contribution is 2.68. The first-order valence-corrected chi connectivity index (χ1v) is 42.1. The highest BCUT2D eigenvalue weighted by Gasteiger charge is 2.61. The first-order valence-electron chi connectivity index (χ1n) is 42.1. The van der Waals surface area contributed by atoms with Crippen LogP contribution < -0.4 is 30.7 Å². The number of ether oxygens (including phenoxy) is 7. The fourth-order valence-corrected chi connectivity index (χ4v) is 18.3. The molecule has 115 heavy (non-hydrogen) atoms. The number of carbonyl (C=O) groups is 8. The molecule has 640 valence electrons. The molecule has 0 radical (unpaired) electrons. The molecule has 4 aliphatic carbocycles. The SMILES string of the molecule is CC[C@H](C)[C@@H](Cn1cc(COCC(=O)O[C@@H]2CC[C@@]3(C)[C@H](CC[C@@H]4[C@@H]3CC[C@]3(C)[C@@H]([C@H](C)CCC(=O)OCc5cn(C[C@@H](NC(=O)C(C)(C)N(Cc6ccc(OC)cc6)C(=O)[C@@H](NC(=O)OC(C)(C)C)C(C)C)[C@@H](C)CC)nn5)CC[C@@H]43)C2)nn1)NC(=O)C(C)(C)N(Cc1ccc(OC)cc1)C(=O)[C@@H](NC(=O)OC(C)(C)C)C(C)C. The van der Waals surface area contributed by atoms with Gasteiger partial charge in [0.25, 0.3) is 0 Å². The molecule has 0 unspecified atom stereocenters. The van der Waals surface area contributed by atoms with Crippen molar-refractivity contribution in [3.05, 3.63) is 83.4 Å². The average molecular weight is 1600 g/mol. The average Bonchev–Trinajstić information content (AvgIpc) is 1.68. The van der Waals surface area contributed by atoms with Crippen molar-refractivity contribution in [3.8, 4) is 11.5 Å². The summed E-state index contributed by atoms with van der Waals surface area (Å²) in [6.45, 7) is 40.6. The van der Waals surface area contributed by atoms with Crippen molar-refractivity contribution in [1.29, 1.82) is 0 Å². The Labute approximate surface area is 683 Å². The summed E-state index contributed by atoms with van der Waals surface area (Å²) in [4.78, 5) is 115. The molecule has 4 aromatic rings. The van der Waals surface area contributed by atoms with Crippen LogP contribution in [0.15, 0.2) is 60.9 Å². The van der Waals surface area contributed by atoms with Crippen LogP contribution in [0.4, 0.5) is 9.59 Å². The first kappa shape index (κ1) is 92.2. The van der Waals surface area contributed by atoms with E-state index in [1.165, 1.54) is 29.1 Å². The molecule has 0 aliphatic heterocycles. The van der Waals surface area contributed by atoms with Crippen LogP contribution in [-0.4, -0.2) is 161 Å². The van der Waals surface area contributed by atoms with Gasteiger partial charge in [-0.05, 0) is 239 Å². The molecule has 0 saturated heterocycles. The maximum absolute atomic E-state index is 14.8. The standard InChI is InChI=1S/C88H138N12O15/c1-24-56(7)71(89-79(105)85(16,17)99(45-59-27-32-64(109-22)33-28-59)77(103)75(54(3)4)91-81(107)114-83(10,11)12)49-97-47-62(93-95-97)51-111-53-74(102)113-66-40-42-87(20)61(44-66)31-36-67-69-38-37-68(88(69,21)43-41-70(67)87)58(9)26-39-73(101)112-52-63-48-98(96-94-63)50-72(57(8)25-2)90-80(106)86(18,19)100(46-60-29-34-65(110-23)35-30-60)78(104)76(55(5)6)92-82(108)115-84(13,14)15/h27-30,32-35,47-48,54-58,61,66-72,75-76H,24-26,31,36-46,49-53H2,1-23H3,(H,89,105)(H,90,106)(H,91,107)(H,92,108)/t56-,57-,58+,61+,66+,67-,68+,69-,70-,71+,72+,75-,76-,87-,88+/m0/s1. The Morgan fingerprint density at radius 2 is 1.01 bits per heavy atom. The second-order valence-electron chi connectivity index (χ2n) is 37.6. The van der Waals surface area contributed by atoms with Crippen molar-refractivity contribution >= 4 is 47.8 Å². The Hall–Kier alpha value is -8.36. The molecule has 15 atom stereocenters. The summed E-state index contributed by atoms with van der Waals surface area (Å²) in [5.41, 5.74) is -1.56. The van der Waals surface area contributed by atoms with Crippen molar-refractivity contribution in [3.63, 3.8) is 0 Å². The van der Waals surface area contributed by atoms with Gasteiger partial charge in [0, 0.05) is 19.5 Å². The third-order valence-electron chi connectivity index (χ3n) is 25.8. The van der Waals surface area contributed by atoms with E-state index >= 15 is 0 Å². The van der Waals surface area contributed by atoms with Crippen molar-refractivity contribution in [2.75, 3.05) is 20.8 Å². The van der Waals surface area contributed by atoms with Gasteiger partial charge < -0.3 is 64.2 Å². The number of nitrogens with zero attached hydrogens (tertiary/aromatic N) is 8. The number of hydrogen-bond donors (Lipinski definition) is 4. The zero-order valence-corrected chi connectivity index (χ0v) is 73.3. The van der Waals surface area contributed by atoms with Gasteiger partial charge in [0.2, 0.25) is 23.6 Å². The summed E-state index contributed by atoms with van der Waals surface area (Å²) in [5, 5.41) is 29.6. The van der Waals surface area contributed by atoms with Crippen LogP contribution in [0.5, 0.6) is 11.5 Å². The first-order chi connectivity index (χ1) is 53.9. The summed E-state index contributed by atoms with van der Waals surface area (Å²) in [6.07, 6.45) is 14.0. The predicted molar refractivity (Wildman–Crippen MR) is 437 cm³/mol. The summed E-state index contributed by atoms with van der Waals surface area (Å²) < 4.78 is 43.2. The number of esters is 2. The van der Waals surface area contributed by atoms with Gasteiger partial charge in [-0.15, -0.1) is 10.2 Å². The van der Waals surface area contributed by atoms with Crippen LogP contribution in [-0.2, 0) is 91.8 Å². The third-order valence-corrected chi connectivity index (χ3v) is 25.8. The molecule has 4 aliphatic rings. The lowest BCUT2D eigenvalue weighted by Crippen LogP contribution is -2.63. The summed E-state index contributed by atoms with van der Waals surface area (Å²) in [7, 11) is 3.15. The minimum atomic E-state index is -1.41. The fourth-order valence-electron chi connectivity index (χ4n) is 18.3. The number of carbonyl (C=O) groups excluding carboxylic acids is 8. The molecular formula is C88H138N12O15. The van der Waals surface area contributed by atoms with E-state index in [1.54, 1.807) is 129 Å². The van der Waals surface area contributed by atoms with Gasteiger partial charge in [0.1, 0.15) is 76.6 Å². The highest BCUT2D eigenvalue weighted by atomic mass is 16.6. The lowest BCUT2D eigenvalue weighted by Gasteiger charge is -2.61. The Kier molecular flexibility index (Phi) is 31.5. The topological polar surface area (TPSA) is 317 Å². The zero-order chi connectivity index (χ0) is 84.9. The van der Waals surface area contributed by atoms with Gasteiger partial charge in [-0.3, -0.25) is 33.3 Å². The van der Waals surface area contributed by atoms with E-state index in [0.29, 0.717) is 64.8 Å². The van der Waals surface area contributed by atoms with Gasteiger partial charge in [0.05, 0.1) is 58.4 Å². The second-order valence-corrected chi connectivity index (χ2v) is 37.6. The van der Waals surface area contributed by atoms with Crippen LogP contribution in [0.2, 0.25) is 0 Å². The van der Waals surface area contributed by atoms with Crippen molar-refractivity contribution < 1.29 is 71.5 Å². The number of benzene rings is 2. The van der Waals surface area contributed by atoms with Crippen LogP contribution in [0.25, 0.3) is 0 Å². The third kappa shape index (κ3) is 24.0. The van der Waals surface area contributed by atoms with E-state index in [2.05, 4.69) is 62.7 Å². The molecule has 0 bridgehead atoms. The van der Waals surface area contributed by atoms with Crippen molar-refractivity contribution in [2.45, 2.75) is 321 Å². The molecule has 2 aromatic carbocycles. The number of methoxy groups -OCH3 is 2. The van der Waals surface area contributed by atoms with E-state index in [9.17, 15) is 38.4 Å². The number of aromatic nitrogens is 6. The summed E-state index contributed by atoms with van der Waals surface area (Å²) in [5.74, 6) is 1.36. The number of fused-ring (bicyclic) bond motifs is 5. The monoisotopic (exact) mass is 1600 g/mol. The van der Waals surface area contributed by atoms with E-state index in [1.807, 2.05) is 79.7 Å². The molecular weight excluding hydrogens is 1470 g/mol. The zero-order valence-electron chi connectivity index (χ0n) is 73.3. The minimum Gasteiger partial charge on any atom is -0.497 e. The molecule has 4 fully saturated rings. The number of hydrogen-bond acceptors (Lipinski definition) is 19. The van der Waals surface area contributed by atoms with E-state index in [0.717, 1.165) is 68.9 Å². The fraction of sp³-hybridized carbons (Fsp3) is 0.727. The molecule has 2 heterocycles. The predicted octanol–water partition coefficient (Wildman–Crippen LogP) is 13.9. The molecule has 4 saturated carbocycles. The molecule has 6 amide bonds. The molecule has 27 heteroatoms. The Bertz CT molecular complexity index is 3900. The van der Waals surface area contributed by atoms with E-state index in [-0.39, 0.29) is 92.6 Å². The van der Waals surface area contributed by atoms with Gasteiger partial charge in [-0.1, -0.05) is 124 Å². The number of amides is 6. The van der Waals surface area contributed by atoms with Crippen molar-refractivity contribution in [2.24, 2.45) is 70.0 Å². The minimum absolute atomic E-state index is 0.0147. The van der Waals surface area contributed by atoms with Gasteiger partial charge in [-0.25, -0.2) is 14.4 Å². The maximum atomic E-state index is 14.8. The summed E-state index contributed by atoms with van der Waals surface area (Å²) in [6, 6.07) is 11.7. The van der Waals surface area contributed by atoms with Gasteiger partial charge >= 0.3 is 24.1 Å². The molecule has 0 spiro atoms. The van der Waals surface area contributed by atoms with Crippen molar-refractivity contribution in [1.82, 2.24) is 61.1 Å². The van der Waals surface area contributed by atoms with Gasteiger partial charge in [0.15, 0.2) is 0 Å². The van der Waals surface area contributed by atoms with E-state index in [4.69, 9.17) is 33.2 Å². The largest absolute Gasteiger partial charge is 0.497 e. The smallest absolute Gasteiger partial charge is 0.408 e. The number of rotatable bonds is 37. The van der Waals surface area contributed by atoms with Crippen LogP contribution in [0.1, 0.15) is 251 Å². The lowest BCUT2D eigenvalue weighted by atomic mass is 9.44. The quantitative estimate of drug-likeness (QED) is 0.0241. The molecule has 4 N–H and O–H groups in total. The maximum Gasteiger partial charge on any atom is 0.408 e. The Morgan fingerprint density at radius 1 is 0.557 bits per heavy atom. The molecule has 2 aromatic heterocycles. The number of alkyl carbamates (subject to hydrolysis) is 2. The van der Waals surface area contributed by atoms with Gasteiger partial charge in [-0.2, -0.15) is 0 Å². The van der Waals surface area contributed by atoms with Crippen LogP contribution >= 0.6 is 0 Å². The van der Waals surface area contributed by atoms with Crippen LogP contribution in [0.3, 0.4) is 0 Å². The Morgan fingerprint density at radius 3 is 1.45 bits per heavy atom. The normalized spacial score (nSPS) is 22.8. The van der Waals surface area contributed by atoms with Crippen LogP contribution in [0, 0.1) is 70.0 Å². The number of nitrogens with one attached hydrogen (secondary N) is 4. The molecule has 8 rings (SSSR count). The molecule has 27 nitrogen and oxygen atoms in total. The van der Waals surface area contributed by atoms with E-state index < -0.39 is 88.2 Å². The second kappa shape index (κ2) is 39.3.